The first-order chi connectivity index (χ1) is 7.22. The molecule has 0 unspecified atom stereocenters. The van der Waals surface area contributed by atoms with Crippen LogP contribution in [0.5, 0.6) is 0 Å². The Labute approximate surface area is 94.8 Å². The Bertz CT molecular complexity index is 389. The van der Waals surface area contributed by atoms with E-state index in [1.807, 2.05) is 6.92 Å². The maximum atomic E-state index is 11.6. The Morgan fingerprint density at radius 2 is 2.33 bits per heavy atom. The molecule has 0 aromatic heterocycles. The molecule has 1 aliphatic heterocycles. The summed E-state index contributed by atoms with van der Waals surface area (Å²) in [5.74, 6) is 0.0659. The highest BCUT2D eigenvalue weighted by Gasteiger charge is 2.21. The minimum absolute atomic E-state index is 0.00298. The number of halogens is 1. The Hall–Kier alpha value is -1.02. The summed E-state index contributed by atoms with van der Waals surface area (Å²) >= 11 is 5.60. The van der Waals surface area contributed by atoms with Crippen LogP contribution in [0.15, 0.2) is 18.2 Å². The highest BCUT2D eigenvalue weighted by molar-refractivity contribution is 6.29. The van der Waals surface area contributed by atoms with Gasteiger partial charge in [-0.15, -0.1) is 11.6 Å². The normalized spacial score (nSPS) is 14.9. The third-order valence-corrected chi connectivity index (χ3v) is 3.00. The maximum absolute atomic E-state index is 11.6. The van der Waals surface area contributed by atoms with Gasteiger partial charge in [-0.2, -0.15) is 0 Å². The summed E-state index contributed by atoms with van der Waals surface area (Å²) in [4.78, 5) is 13.4. The molecule has 1 heterocycles. The molecule has 0 fully saturated rings. The van der Waals surface area contributed by atoms with Gasteiger partial charge in [0.05, 0.1) is 0 Å². The highest BCUT2D eigenvalue weighted by Crippen LogP contribution is 2.28. The van der Waals surface area contributed by atoms with Crippen LogP contribution in [0.25, 0.3) is 0 Å². The summed E-state index contributed by atoms with van der Waals surface area (Å²) in [5, 5.41) is 0. The summed E-state index contributed by atoms with van der Waals surface area (Å²) < 4.78 is 0. The van der Waals surface area contributed by atoms with Crippen molar-refractivity contribution < 1.29 is 4.79 Å². The summed E-state index contributed by atoms with van der Waals surface area (Å²) in [6.45, 7) is 2.83. The fourth-order valence-electron chi connectivity index (χ4n) is 2.02. The van der Waals surface area contributed by atoms with Crippen molar-refractivity contribution in [2.75, 3.05) is 17.3 Å². The molecule has 1 aromatic rings. The van der Waals surface area contributed by atoms with Crippen molar-refractivity contribution in [1.29, 1.82) is 0 Å². The van der Waals surface area contributed by atoms with E-state index in [9.17, 15) is 4.79 Å². The zero-order valence-corrected chi connectivity index (χ0v) is 9.55. The van der Waals surface area contributed by atoms with E-state index in [1.165, 1.54) is 11.1 Å². The van der Waals surface area contributed by atoms with Gasteiger partial charge in [0, 0.05) is 12.2 Å². The molecule has 3 heteroatoms. The summed E-state index contributed by atoms with van der Waals surface area (Å²) in [6.07, 6.45) is 2.08. The molecule has 80 valence electrons. The Morgan fingerprint density at radius 1 is 1.53 bits per heavy atom. The molecule has 0 bridgehead atoms. The van der Waals surface area contributed by atoms with Gasteiger partial charge in [-0.25, -0.2) is 0 Å². The number of aryl methyl sites for hydroxylation is 2. The van der Waals surface area contributed by atoms with E-state index in [0.29, 0.717) is 0 Å². The lowest BCUT2D eigenvalue weighted by atomic mass is 10.00. The van der Waals surface area contributed by atoms with Crippen molar-refractivity contribution >= 4 is 23.2 Å². The Kier molecular flexibility index (Phi) is 2.96. The van der Waals surface area contributed by atoms with Crippen molar-refractivity contribution in [3.8, 4) is 0 Å². The lowest BCUT2D eigenvalue weighted by molar-refractivity contribution is -0.116. The first-order valence-electron chi connectivity index (χ1n) is 5.18. The number of nitrogens with zero attached hydrogens (tertiary/aromatic N) is 1. The number of carbonyl (C=O) groups excluding carboxylic acids is 1. The van der Waals surface area contributed by atoms with Gasteiger partial charge in [-0.1, -0.05) is 12.1 Å². The second-order valence-electron chi connectivity index (χ2n) is 3.91. The predicted octanol–water partition coefficient (Wildman–Crippen LogP) is 2.51. The topological polar surface area (TPSA) is 20.3 Å². The third-order valence-electron chi connectivity index (χ3n) is 2.77. The number of carbonyl (C=O) groups is 1. The third kappa shape index (κ3) is 2.00. The molecule has 0 atom stereocenters. The number of benzene rings is 1. The smallest absolute Gasteiger partial charge is 0.241 e. The van der Waals surface area contributed by atoms with Gasteiger partial charge in [0.25, 0.3) is 0 Å². The Balaban J connectivity index is 2.40. The first-order valence-corrected chi connectivity index (χ1v) is 5.71. The molecular weight excluding hydrogens is 210 g/mol. The molecule has 2 nitrogen and oxygen atoms in total. The van der Waals surface area contributed by atoms with Gasteiger partial charge >= 0.3 is 0 Å². The zero-order chi connectivity index (χ0) is 10.8. The number of alkyl halides is 1. The van der Waals surface area contributed by atoms with E-state index >= 15 is 0 Å². The van der Waals surface area contributed by atoms with Crippen molar-refractivity contribution in [2.45, 2.75) is 19.8 Å². The van der Waals surface area contributed by atoms with Gasteiger partial charge < -0.3 is 4.90 Å². The molecule has 15 heavy (non-hydrogen) atoms. The number of amides is 1. The lowest BCUT2D eigenvalue weighted by Gasteiger charge is -2.29. The van der Waals surface area contributed by atoms with Gasteiger partial charge in [-0.3, -0.25) is 4.79 Å². The Morgan fingerprint density at radius 3 is 3.07 bits per heavy atom. The van der Waals surface area contributed by atoms with Crippen LogP contribution in [0.1, 0.15) is 17.5 Å². The molecule has 0 spiro atoms. The number of anilines is 1. The molecule has 0 saturated heterocycles. The highest BCUT2D eigenvalue weighted by atomic mass is 35.5. The van der Waals surface area contributed by atoms with E-state index in [0.717, 1.165) is 25.1 Å². The minimum Gasteiger partial charge on any atom is -0.311 e. The monoisotopic (exact) mass is 223 g/mol. The van der Waals surface area contributed by atoms with Crippen molar-refractivity contribution in [1.82, 2.24) is 0 Å². The van der Waals surface area contributed by atoms with E-state index in [1.54, 1.807) is 4.90 Å². The predicted molar refractivity (Wildman–Crippen MR) is 62.6 cm³/mol. The molecule has 0 saturated carbocycles. The molecule has 1 aromatic carbocycles. The number of hydrogen-bond donors (Lipinski definition) is 0. The van der Waals surface area contributed by atoms with Crippen LogP contribution >= 0.6 is 11.6 Å². The van der Waals surface area contributed by atoms with Gasteiger partial charge in [-0.05, 0) is 37.0 Å². The first kappa shape index (κ1) is 10.5. The molecular formula is C12H14ClNO. The summed E-state index contributed by atoms with van der Waals surface area (Å²) in [6, 6.07) is 6.27. The average Bonchev–Trinajstić information content (AvgIpc) is 2.27. The van der Waals surface area contributed by atoms with Gasteiger partial charge in [0.1, 0.15) is 5.88 Å². The van der Waals surface area contributed by atoms with Crippen LogP contribution in [0.3, 0.4) is 0 Å². The van der Waals surface area contributed by atoms with Crippen molar-refractivity contribution in [2.24, 2.45) is 0 Å². The molecule has 0 radical (unpaired) electrons. The van der Waals surface area contributed by atoms with Crippen LogP contribution in [-0.4, -0.2) is 18.3 Å². The molecule has 2 rings (SSSR count). The summed E-state index contributed by atoms with van der Waals surface area (Å²) in [7, 11) is 0. The minimum atomic E-state index is 0.00298. The SMILES string of the molecule is Cc1ccc2c(c1)N(C(=O)CCl)CCC2. The standard InChI is InChI=1S/C12H14ClNO/c1-9-4-5-10-3-2-6-14(11(10)7-9)12(15)8-13/h4-5,7H,2-3,6,8H2,1H3. The molecule has 0 N–H and O–H groups in total. The van der Waals surface area contributed by atoms with Crippen molar-refractivity contribution in [3.05, 3.63) is 29.3 Å². The average molecular weight is 224 g/mol. The van der Waals surface area contributed by atoms with Crippen LogP contribution in [0.4, 0.5) is 5.69 Å². The molecule has 1 aliphatic rings. The molecule has 0 aliphatic carbocycles. The largest absolute Gasteiger partial charge is 0.311 e. The summed E-state index contributed by atoms with van der Waals surface area (Å²) in [5.41, 5.74) is 3.49. The van der Waals surface area contributed by atoms with Crippen LogP contribution in [-0.2, 0) is 11.2 Å². The lowest BCUT2D eigenvalue weighted by Crippen LogP contribution is -2.36. The van der Waals surface area contributed by atoms with E-state index in [-0.39, 0.29) is 11.8 Å². The fourth-order valence-corrected chi connectivity index (χ4v) is 2.16. The van der Waals surface area contributed by atoms with Crippen LogP contribution in [0, 0.1) is 6.92 Å². The molecule has 1 amide bonds. The van der Waals surface area contributed by atoms with Crippen LogP contribution in [0.2, 0.25) is 0 Å². The van der Waals surface area contributed by atoms with E-state index in [2.05, 4.69) is 18.2 Å². The van der Waals surface area contributed by atoms with Crippen molar-refractivity contribution in [3.63, 3.8) is 0 Å². The maximum Gasteiger partial charge on any atom is 0.241 e. The quantitative estimate of drug-likeness (QED) is 0.670. The van der Waals surface area contributed by atoms with Gasteiger partial charge in [0.15, 0.2) is 0 Å². The number of fused-ring (bicyclic) bond motifs is 1. The second-order valence-corrected chi connectivity index (χ2v) is 4.18. The van der Waals surface area contributed by atoms with Gasteiger partial charge in [0.2, 0.25) is 5.91 Å². The van der Waals surface area contributed by atoms with Crippen LogP contribution < -0.4 is 4.90 Å². The van der Waals surface area contributed by atoms with E-state index in [4.69, 9.17) is 11.6 Å². The van der Waals surface area contributed by atoms with E-state index < -0.39 is 0 Å². The number of hydrogen-bond acceptors (Lipinski definition) is 1. The zero-order valence-electron chi connectivity index (χ0n) is 8.79. The fraction of sp³-hybridized carbons (Fsp3) is 0.417. The second kappa shape index (κ2) is 4.23. The number of rotatable bonds is 1.